The van der Waals surface area contributed by atoms with Crippen molar-refractivity contribution in [3.05, 3.63) is 57.3 Å². The summed E-state index contributed by atoms with van der Waals surface area (Å²) in [6.45, 7) is 3.38. The summed E-state index contributed by atoms with van der Waals surface area (Å²) in [7, 11) is 0. The Balaban J connectivity index is 1.27. The number of carbonyl (C=O) groups excluding carboxylic acids is 3. The smallest absolute Gasteiger partial charge is 0.328 e. The van der Waals surface area contributed by atoms with Crippen LogP contribution in [-0.4, -0.2) is 72.6 Å². The Morgan fingerprint density at radius 3 is 2.62 bits per heavy atom. The average molecular weight is 528 g/mol. The second kappa shape index (κ2) is 12.7. The van der Waals surface area contributed by atoms with Crippen LogP contribution in [0.2, 0.25) is 0 Å². The summed E-state index contributed by atoms with van der Waals surface area (Å²) in [5, 5.41) is 20.4. The molecule has 3 heterocycles. The summed E-state index contributed by atoms with van der Waals surface area (Å²) in [4.78, 5) is 52.7. The van der Waals surface area contributed by atoms with Gasteiger partial charge in [0.15, 0.2) is 0 Å². The number of rotatable bonds is 10. The molecule has 1 saturated heterocycles. The van der Waals surface area contributed by atoms with Gasteiger partial charge < -0.3 is 31.3 Å². The van der Waals surface area contributed by atoms with E-state index < -0.39 is 23.9 Å². The Hall–Kier alpha value is -3.44. The first-order valence-corrected chi connectivity index (χ1v) is 13.4. The molecule has 2 aromatic rings. The molecule has 198 valence electrons. The normalized spacial score (nSPS) is 16.5. The Labute approximate surface area is 219 Å². The van der Waals surface area contributed by atoms with E-state index in [2.05, 4.69) is 21.3 Å². The van der Waals surface area contributed by atoms with Crippen LogP contribution in [0.5, 0.6) is 0 Å². The standard InChI is InChI=1S/C26H33N5O5S/c32-23(28-16-20(25(34)35)30-26(36)29-15-18-4-2-1-3-5-18)22-14-19-21(37-22)9-13-31(24(19)33)12-8-17-6-10-27-11-7-17/h1-5,14,17,20,27H,6-13,15-16H2,(H,28,32)(H,34,35)(H2,29,30,36)/t20-/m0/s1. The van der Waals surface area contributed by atoms with Crippen molar-refractivity contribution in [2.75, 3.05) is 32.7 Å². The van der Waals surface area contributed by atoms with Crippen LogP contribution in [0.25, 0.3) is 0 Å². The van der Waals surface area contributed by atoms with E-state index in [0.29, 0.717) is 29.3 Å². The van der Waals surface area contributed by atoms with Gasteiger partial charge >= 0.3 is 12.0 Å². The van der Waals surface area contributed by atoms with Crippen molar-refractivity contribution in [3.8, 4) is 0 Å². The number of piperidine rings is 1. The number of aliphatic carboxylic acids is 1. The van der Waals surface area contributed by atoms with Gasteiger partial charge in [-0.1, -0.05) is 30.3 Å². The topological polar surface area (TPSA) is 140 Å². The van der Waals surface area contributed by atoms with E-state index >= 15 is 0 Å². The van der Waals surface area contributed by atoms with Gasteiger partial charge in [-0.05, 0) is 49.9 Å². The van der Waals surface area contributed by atoms with E-state index in [-0.39, 0.29) is 19.0 Å². The van der Waals surface area contributed by atoms with Crippen molar-refractivity contribution in [3.63, 3.8) is 0 Å². The molecule has 2 aliphatic heterocycles. The maximum atomic E-state index is 13.0. The molecule has 10 nitrogen and oxygen atoms in total. The largest absolute Gasteiger partial charge is 0.480 e. The number of fused-ring (bicyclic) bond motifs is 1. The summed E-state index contributed by atoms with van der Waals surface area (Å²) in [5.74, 6) is -1.15. The summed E-state index contributed by atoms with van der Waals surface area (Å²) in [6, 6.07) is 8.88. The number of carbonyl (C=O) groups is 4. The monoisotopic (exact) mass is 527 g/mol. The molecule has 2 aliphatic rings. The summed E-state index contributed by atoms with van der Waals surface area (Å²) in [5.41, 5.74) is 1.43. The molecule has 0 radical (unpaired) electrons. The van der Waals surface area contributed by atoms with Gasteiger partial charge in [0.1, 0.15) is 6.04 Å². The van der Waals surface area contributed by atoms with Gasteiger partial charge in [0, 0.05) is 37.5 Å². The van der Waals surface area contributed by atoms with Gasteiger partial charge in [0.2, 0.25) is 0 Å². The predicted octanol–water partition coefficient (Wildman–Crippen LogP) is 1.82. The highest BCUT2D eigenvalue weighted by Gasteiger charge is 2.29. The molecule has 0 spiro atoms. The van der Waals surface area contributed by atoms with Gasteiger partial charge in [-0.15, -0.1) is 11.3 Å². The van der Waals surface area contributed by atoms with Crippen LogP contribution in [-0.2, 0) is 17.8 Å². The number of carboxylic acid groups (broad SMARTS) is 1. The Bertz CT molecular complexity index is 1120. The maximum Gasteiger partial charge on any atom is 0.328 e. The van der Waals surface area contributed by atoms with Gasteiger partial charge in [0.25, 0.3) is 11.8 Å². The lowest BCUT2D eigenvalue weighted by atomic mass is 9.94. The van der Waals surface area contributed by atoms with Crippen LogP contribution in [0.1, 0.15) is 49.7 Å². The lowest BCUT2D eigenvalue weighted by Gasteiger charge is -2.29. The number of nitrogens with zero attached hydrogens (tertiary/aromatic N) is 1. The first-order valence-electron chi connectivity index (χ1n) is 12.6. The number of hydrogen-bond acceptors (Lipinski definition) is 6. The highest BCUT2D eigenvalue weighted by Crippen LogP contribution is 2.29. The number of thiophene rings is 1. The minimum absolute atomic E-state index is 0.0503. The summed E-state index contributed by atoms with van der Waals surface area (Å²) >= 11 is 1.26. The SMILES string of the molecule is O=C(NCc1ccccc1)N[C@@H](CNC(=O)c1cc2c(s1)CCN(CCC1CCNCC1)C2=O)C(=O)O. The highest BCUT2D eigenvalue weighted by molar-refractivity contribution is 7.14. The van der Waals surface area contributed by atoms with E-state index in [1.807, 2.05) is 35.2 Å². The van der Waals surface area contributed by atoms with Gasteiger partial charge in [-0.25, -0.2) is 9.59 Å². The zero-order valence-electron chi connectivity index (χ0n) is 20.6. The lowest BCUT2D eigenvalue weighted by Crippen LogP contribution is -2.51. The number of urea groups is 1. The quantitative estimate of drug-likeness (QED) is 0.319. The van der Waals surface area contributed by atoms with Crippen LogP contribution in [0.4, 0.5) is 4.79 Å². The lowest BCUT2D eigenvalue weighted by molar-refractivity contribution is -0.139. The third kappa shape index (κ3) is 7.30. The molecule has 4 amide bonds. The average Bonchev–Trinajstić information content (AvgIpc) is 3.36. The maximum absolute atomic E-state index is 13.0. The van der Waals surface area contributed by atoms with Crippen molar-refractivity contribution >= 4 is 35.2 Å². The fraction of sp³-hybridized carbons (Fsp3) is 0.462. The molecule has 0 bridgehead atoms. The second-order valence-corrected chi connectivity index (χ2v) is 10.5. The molecule has 11 heteroatoms. The van der Waals surface area contributed by atoms with E-state index in [1.54, 1.807) is 6.07 Å². The molecule has 4 rings (SSSR count). The van der Waals surface area contributed by atoms with Crippen molar-refractivity contribution in [2.45, 2.75) is 38.3 Å². The molecule has 0 unspecified atom stereocenters. The van der Waals surface area contributed by atoms with E-state index in [0.717, 1.165) is 49.3 Å². The molecule has 1 fully saturated rings. The van der Waals surface area contributed by atoms with Crippen molar-refractivity contribution in [1.82, 2.24) is 26.2 Å². The molecular formula is C26H33N5O5S. The number of carboxylic acids is 1. The third-order valence-corrected chi connectivity index (χ3v) is 7.98. The highest BCUT2D eigenvalue weighted by atomic mass is 32.1. The first kappa shape index (κ1) is 26.6. The van der Waals surface area contributed by atoms with Crippen LogP contribution in [0.3, 0.4) is 0 Å². The number of hydrogen-bond donors (Lipinski definition) is 5. The molecule has 1 aromatic carbocycles. The van der Waals surface area contributed by atoms with Crippen LogP contribution in [0, 0.1) is 5.92 Å². The van der Waals surface area contributed by atoms with Crippen LogP contribution >= 0.6 is 11.3 Å². The van der Waals surface area contributed by atoms with Crippen LogP contribution < -0.4 is 21.3 Å². The summed E-state index contributed by atoms with van der Waals surface area (Å²) in [6.07, 6.45) is 3.96. The second-order valence-electron chi connectivity index (χ2n) is 9.39. The molecule has 0 saturated carbocycles. The molecule has 1 aromatic heterocycles. The molecule has 37 heavy (non-hydrogen) atoms. The van der Waals surface area contributed by atoms with E-state index in [1.165, 1.54) is 11.3 Å². The van der Waals surface area contributed by atoms with Crippen molar-refractivity contribution in [1.29, 1.82) is 0 Å². The Morgan fingerprint density at radius 2 is 1.89 bits per heavy atom. The molecule has 0 aliphatic carbocycles. The number of nitrogens with one attached hydrogen (secondary N) is 4. The predicted molar refractivity (Wildman–Crippen MR) is 140 cm³/mol. The number of amides is 4. The number of benzene rings is 1. The zero-order chi connectivity index (χ0) is 26.2. The molecule has 5 N–H and O–H groups in total. The van der Waals surface area contributed by atoms with Crippen LogP contribution in [0.15, 0.2) is 36.4 Å². The Morgan fingerprint density at radius 1 is 1.14 bits per heavy atom. The third-order valence-electron chi connectivity index (χ3n) is 6.79. The van der Waals surface area contributed by atoms with E-state index in [9.17, 15) is 24.3 Å². The van der Waals surface area contributed by atoms with Gasteiger partial charge in [-0.2, -0.15) is 0 Å². The van der Waals surface area contributed by atoms with E-state index in [4.69, 9.17) is 0 Å². The fourth-order valence-corrected chi connectivity index (χ4v) is 5.66. The Kier molecular flexibility index (Phi) is 9.13. The summed E-state index contributed by atoms with van der Waals surface area (Å²) < 4.78 is 0. The van der Waals surface area contributed by atoms with Crippen molar-refractivity contribution < 1.29 is 24.3 Å². The zero-order valence-corrected chi connectivity index (χ0v) is 21.4. The molecular weight excluding hydrogens is 494 g/mol. The van der Waals surface area contributed by atoms with Crippen molar-refractivity contribution in [2.24, 2.45) is 5.92 Å². The van der Waals surface area contributed by atoms with Gasteiger partial charge in [-0.3, -0.25) is 9.59 Å². The minimum atomic E-state index is -1.30. The van der Waals surface area contributed by atoms with Gasteiger partial charge in [0.05, 0.1) is 10.4 Å². The first-order chi connectivity index (χ1) is 17.9. The molecule has 1 atom stereocenters. The fourth-order valence-electron chi connectivity index (χ4n) is 4.61. The minimum Gasteiger partial charge on any atom is -0.480 e.